The maximum Gasteiger partial charge on any atom is 0.424 e. The van der Waals surface area contributed by atoms with E-state index < -0.39 is 11.9 Å². The normalized spacial score (nSPS) is 9.00. The summed E-state index contributed by atoms with van der Waals surface area (Å²) in [5.41, 5.74) is 0. The summed E-state index contributed by atoms with van der Waals surface area (Å²) in [6.45, 7) is 2.08. The molecule has 0 aliphatic carbocycles. The summed E-state index contributed by atoms with van der Waals surface area (Å²) in [6.07, 6.45) is 2.63. The number of unbranched alkanes of at least 4 members (excludes halogenated alkanes) is 2. The van der Waals surface area contributed by atoms with E-state index in [4.69, 9.17) is 0 Å². The lowest BCUT2D eigenvalue weighted by Crippen LogP contribution is -2.20. The van der Waals surface area contributed by atoms with Crippen LogP contribution in [-0.2, 0) is 23.9 Å². The van der Waals surface area contributed by atoms with Gasteiger partial charge in [0, 0.05) is 0 Å². The van der Waals surface area contributed by atoms with Crippen molar-refractivity contribution in [3.8, 4) is 0 Å². The maximum absolute atomic E-state index is 10.6. The van der Waals surface area contributed by atoms with Crippen LogP contribution >= 0.6 is 0 Å². The predicted octanol–water partition coefficient (Wildman–Crippen LogP) is 0.419. The highest BCUT2D eigenvalue weighted by molar-refractivity contribution is 6.30. The molecule has 0 saturated heterocycles. The number of hydrogen-bond donors (Lipinski definition) is 0. The minimum atomic E-state index is -1.27. The van der Waals surface area contributed by atoms with Crippen LogP contribution < -0.4 is 0 Å². The van der Waals surface area contributed by atoms with Gasteiger partial charge in [-0.25, -0.2) is 9.59 Å². The van der Waals surface area contributed by atoms with E-state index in [1.54, 1.807) is 0 Å². The van der Waals surface area contributed by atoms with Crippen LogP contribution in [0.4, 0.5) is 0 Å². The van der Waals surface area contributed by atoms with Crippen molar-refractivity contribution in [1.82, 2.24) is 0 Å². The molecule has 0 fully saturated rings. The molecule has 0 heterocycles. The highest BCUT2D eigenvalue weighted by Crippen LogP contribution is 1.94. The van der Waals surface area contributed by atoms with E-state index in [1.807, 2.05) is 6.92 Å². The molecule has 0 saturated carbocycles. The quantitative estimate of drug-likeness (QED) is 0.205. The van der Waals surface area contributed by atoms with Gasteiger partial charge in [-0.05, 0) is 6.42 Å². The lowest BCUT2D eigenvalue weighted by atomic mass is 10.3. The minimum Gasteiger partial charge on any atom is -0.457 e. The first-order valence-electron chi connectivity index (χ1n) is 4.03. The third-order valence-corrected chi connectivity index (χ3v) is 1.30. The predicted molar refractivity (Wildman–Crippen MR) is 42.6 cm³/mol. The van der Waals surface area contributed by atoms with Crippen LogP contribution in [0.2, 0.25) is 0 Å². The molecule has 0 aromatic heterocycles. The first kappa shape index (κ1) is 11.6. The topological polar surface area (TPSA) is 69.7 Å². The highest BCUT2D eigenvalue weighted by Gasteiger charge is 2.16. The van der Waals surface area contributed by atoms with Crippen molar-refractivity contribution in [2.45, 2.75) is 26.2 Å². The van der Waals surface area contributed by atoms with E-state index in [2.05, 4.69) is 9.47 Å². The summed E-state index contributed by atoms with van der Waals surface area (Å²) in [4.78, 5) is 30.8. The molecule has 0 bridgehead atoms. The monoisotopic (exact) mass is 188 g/mol. The molecule has 0 amide bonds. The van der Waals surface area contributed by atoms with Gasteiger partial charge in [-0.3, -0.25) is 4.79 Å². The molecule has 5 nitrogen and oxygen atoms in total. The van der Waals surface area contributed by atoms with Crippen molar-refractivity contribution < 1.29 is 23.9 Å². The lowest BCUT2D eigenvalue weighted by Gasteiger charge is -2.00. The van der Waals surface area contributed by atoms with E-state index in [-0.39, 0.29) is 13.1 Å². The van der Waals surface area contributed by atoms with Crippen molar-refractivity contribution >= 4 is 18.4 Å². The van der Waals surface area contributed by atoms with Crippen molar-refractivity contribution in [1.29, 1.82) is 0 Å². The van der Waals surface area contributed by atoms with E-state index in [1.165, 1.54) is 0 Å². The smallest absolute Gasteiger partial charge is 0.424 e. The van der Waals surface area contributed by atoms with Gasteiger partial charge in [0.05, 0.1) is 6.61 Å². The van der Waals surface area contributed by atoms with Crippen LogP contribution in [0.3, 0.4) is 0 Å². The Morgan fingerprint density at radius 2 is 1.92 bits per heavy atom. The SMILES string of the molecule is CCCCCOC(=O)C(=O)OC=O. The Labute approximate surface area is 76.0 Å². The second-order valence-electron chi connectivity index (χ2n) is 2.34. The zero-order chi connectivity index (χ0) is 10.1. The van der Waals surface area contributed by atoms with Crippen LogP contribution in [-0.4, -0.2) is 25.0 Å². The Hall–Kier alpha value is -1.39. The molecule has 0 N–H and O–H groups in total. The van der Waals surface area contributed by atoms with E-state index in [9.17, 15) is 14.4 Å². The molecule has 13 heavy (non-hydrogen) atoms. The number of carbonyl (C=O) groups is 3. The van der Waals surface area contributed by atoms with Gasteiger partial charge >= 0.3 is 18.4 Å². The Morgan fingerprint density at radius 3 is 2.46 bits per heavy atom. The third-order valence-electron chi connectivity index (χ3n) is 1.30. The van der Waals surface area contributed by atoms with Crippen LogP contribution in [0, 0.1) is 0 Å². The van der Waals surface area contributed by atoms with Gasteiger partial charge in [-0.15, -0.1) is 0 Å². The molecule has 0 unspecified atom stereocenters. The molecule has 0 aromatic carbocycles. The van der Waals surface area contributed by atoms with Gasteiger partial charge in [0.15, 0.2) is 0 Å². The number of carbonyl (C=O) groups excluding carboxylic acids is 3. The zero-order valence-corrected chi connectivity index (χ0v) is 7.45. The van der Waals surface area contributed by atoms with Crippen LogP contribution in [0.1, 0.15) is 26.2 Å². The molecule has 0 aliphatic heterocycles. The fraction of sp³-hybridized carbons (Fsp3) is 0.625. The molecule has 0 aliphatic rings. The first-order chi connectivity index (χ1) is 6.22. The zero-order valence-electron chi connectivity index (χ0n) is 7.45. The number of ether oxygens (including phenoxy) is 2. The molecule has 0 rings (SSSR count). The fourth-order valence-corrected chi connectivity index (χ4v) is 0.668. The first-order valence-corrected chi connectivity index (χ1v) is 4.03. The Bertz CT molecular complexity index is 187. The molecule has 0 spiro atoms. The van der Waals surface area contributed by atoms with Crippen molar-refractivity contribution in [2.24, 2.45) is 0 Å². The van der Waals surface area contributed by atoms with E-state index >= 15 is 0 Å². The number of hydrogen-bond acceptors (Lipinski definition) is 5. The Kier molecular flexibility index (Phi) is 6.49. The Morgan fingerprint density at radius 1 is 1.23 bits per heavy atom. The summed E-state index contributed by atoms with van der Waals surface area (Å²) in [5, 5.41) is 0. The number of esters is 2. The largest absolute Gasteiger partial charge is 0.457 e. The van der Waals surface area contributed by atoms with Crippen molar-refractivity contribution in [3.63, 3.8) is 0 Å². The van der Waals surface area contributed by atoms with Gasteiger partial charge in [0.25, 0.3) is 0 Å². The maximum atomic E-state index is 10.6. The molecular weight excluding hydrogens is 176 g/mol. The second kappa shape index (κ2) is 7.27. The summed E-state index contributed by atoms with van der Waals surface area (Å²) < 4.78 is 8.25. The van der Waals surface area contributed by atoms with Gasteiger partial charge in [0.2, 0.25) is 0 Å². The summed E-state index contributed by atoms with van der Waals surface area (Å²) >= 11 is 0. The van der Waals surface area contributed by atoms with Gasteiger partial charge < -0.3 is 9.47 Å². The average molecular weight is 188 g/mol. The fourth-order valence-electron chi connectivity index (χ4n) is 0.668. The Balaban J connectivity index is 3.50. The summed E-state index contributed by atoms with van der Waals surface area (Å²) in [6, 6.07) is 0. The van der Waals surface area contributed by atoms with Crippen molar-refractivity contribution in [2.75, 3.05) is 6.61 Å². The molecule has 74 valence electrons. The summed E-state index contributed by atoms with van der Waals surface area (Å²) in [5.74, 6) is -2.39. The molecule has 0 atom stereocenters. The van der Waals surface area contributed by atoms with Gasteiger partial charge in [-0.2, -0.15) is 0 Å². The standard InChI is InChI=1S/C8H12O5/c1-2-3-4-5-12-7(10)8(11)13-6-9/h6H,2-5H2,1H3. The van der Waals surface area contributed by atoms with E-state index in [0.717, 1.165) is 12.8 Å². The van der Waals surface area contributed by atoms with Crippen molar-refractivity contribution in [3.05, 3.63) is 0 Å². The average Bonchev–Trinajstić information content (AvgIpc) is 2.12. The molecular formula is C8H12O5. The molecule has 0 aromatic rings. The molecule has 5 heteroatoms. The summed E-state index contributed by atoms with van der Waals surface area (Å²) in [7, 11) is 0. The second-order valence-corrected chi connectivity index (χ2v) is 2.34. The number of rotatable bonds is 5. The van der Waals surface area contributed by atoms with E-state index in [0.29, 0.717) is 6.42 Å². The van der Waals surface area contributed by atoms with Crippen LogP contribution in [0.5, 0.6) is 0 Å². The highest BCUT2D eigenvalue weighted by atomic mass is 16.6. The van der Waals surface area contributed by atoms with Gasteiger partial charge in [0.1, 0.15) is 0 Å². The minimum absolute atomic E-state index is 0.102. The lowest BCUT2D eigenvalue weighted by molar-refractivity contribution is -0.169. The third kappa shape index (κ3) is 5.84. The molecule has 0 radical (unpaired) electrons. The van der Waals surface area contributed by atoms with Crippen LogP contribution in [0.25, 0.3) is 0 Å². The van der Waals surface area contributed by atoms with Gasteiger partial charge in [-0.1, -0.05) is 19.8 Å². The van der Waals surface area contributed by atoms with Crippen LogP contribution in [0.15, 0.2) is 0 Å².